The molecule has 0 bridgehead atoms. The van der Waals surface area contributed by atoms with Crippen molar-refractivity contribution in [3.05, 3.63) is 29.8 Å². The Morgan fingerprint density at radius 2 is 2.24 bits per heavy atom. The lowest BCUT2D eigenvalue weighted by Crippen LogP contribution is -2.49. The van der Waals surface area contributed by atoms with Crippen LogP contribution in [0.3, 0.4) is 0 Å². The fourth-order valence-electron chi connectivity index (χ4n) is 2.93. The molecule has 4 heteroatoms. The first-order chi connectivity index (χ1) is 10.2. The van der Waals surface area contributed by atoms with Crippen LogP contribution in [-0.4, -0.2) is 25.6 Å². The fraction of sp³-hybridized carbons (Fsp3) is 0.588. The van der Waals surface area contributed by atoms with Crippen LogP contribution in [0.15, 0.2) is 24.3 Å². The predicted molar refractivity (Wildman–Crippen MR) is 84.4 cm³/mol. The highest BCUT2D eigenvalue weighted by molar-refractivity contribution is 5.82. The van der Waals surface area contributed by atoms with E-state index in [1.54, 1.807) is 7.11 Å². The van der Waals surface area contributed by atoms with Gasteiger partial charge in [-0.15, -0.1) is 0 Å². The third-order valence-corrected chi connectivity index (χ3v) is 4.22. The number of rotatable bonds is 5. The minimum absolute atomic E-state index is 0.00678. The average molecular weight is 290 g/mol. The van der Waals surface area contributed by atoms with Gasteiger partial charge in [-0.2, -0.15) is 0 Å². The van der Waals surface area contributed by atoms with E-state index in [4.69, 9.17) is 4.74 Å². The Bertz CT molecular complexity index is 476. The number of para-hydroxylation sites is 1. The fourth-order valence-corrected chi connectivity index (χ4v) is 2.93. The van der Waals surface area contributed by atoms with E-state index in [0.29, 0.717) is 5.92 Å². The first kappa shape index (κ1) is 15.8. The molecule has 3 atom stereocenters. The highest BCUT2D eigenvalue weighted by Crippen LogP contribution is 2.27. The van der Waals surface area contributed by atoms with Crippen LogP contribution in [0.4, 0.5) is 0 Å². The standard InChI is InChI=1S/C17H26N2O2/c1-4-14(13-7-5-6-8-16(13)21-3)19-17(20)15-11-12(2)9-10-18-15/h5-8,12,14-15,18H,4,9-11H2,1-3H3,(H,19,20). The van der Waals surface area contributed by atoms with Crippen molar-refractivity contribution >= 4 is 5.91 Å². The van der Waals surface area contributed by atoms with Gasteiger partial charge in [0.2, 0.25) is 5.91 Å². The Balaban J connectivity index is 2.06. The molecule has 3 unspecified atom stereocenters. The first-order valence-electron chi connectivity index (χ1n) is 7.82. The molecule has 1 saturated heterocycles. The molecule has 116 valence electrons. The molecule has 21 heavy (non-hydrogen) atoms. The van der Waals surface area contributed by atoms with Crippen molar-refractivity contribution in [3.63, 3.8) is 0 Å². The summed E-state index contributed by atoms with van der Waals surface area (Å²) in [6, 6.07) is 7.80. The Kier molecular flexibility index (Phi) is 5.62. The van der Waals surface area contributed by atoms with Gasteiger partial charge in [0.1, 0.15) is 5.75 Å². The number of methoxy groups -OCH3 is 1. The second kappa shape index (κ2) is 7.46. The maximum Gasteiger partial charge on any atom is 0.237 e. The van der Waals surface area contributed by atoms with Crippen LogP contribution in [0, 0.1) is 5.92 Å². The summed E-state index contributed by atoms with van der Waals surface area (Å²) in [5.41, 5.74) is 1.04. The van der Waals surface area contributed by atoms with Gasteiger partial charge in [-0.05, 0) is 37.8 Å². The van der Waals surface area contributed by atoms with E-state index >= 15 is 0 Å². The van der Waals surface area contributed by atoms with Crippen LogP contribution in [-0.2, 0) is 4.79 Å². The number of hydrogen-bond donors (Lipinski definition) is 2. The third kappa shape index (κ3) is 3.97. The summed E-state index contributed by atoms with van der Waals surface area (Å²) in [7, 11) is 1.66. The summed E-state index contributed by atoms with van der Waals surface area (Å²) in [6.07, 6.45) is 2.90. The van der Waals surface area contributed by atoms with E-state index in [1.165, 1.54) is 0 Å². The molecule has 0 spiro atoms. The highest BCUT2D eigenvalue weighted by Gasteiger charge is 2.26. The molecule has 0 radical (unpaired) electrons. The number of piperidine rings is 1. The topological polar surface area (TPSA) is 50.4 Å². The summed E-state index contributed by atoms with van der Waals surface area (Å²) in [5.74, 6) is 1.53. The molecule has 2 N–H and O–H groups in total. The smallest absolute Gasteiger partial charge is 0.237 e. The second-order valence-corrected chi connectivity index (χ2v) is 5.85. The maximum absolute atomic E-state index is 12.5. The molecule has 1 aromatic carbocycles. The normalized spacial score (nSPS) is 23.4. The number of carbonyl (C=O) groups excluding carboxylic acids is 1. The zero-order valence-electron chi connectivity index (χ0n) is 13.2. The van der Waals surface area contributed by atoms with Gasteiger partial charge in [0.15, 0.2) is 0 Å². The van der Waals surface area contributed by atoms with Crippen LogP contribution < -0.4 is 15.4 Å². The van der Waals surface area contributed by atoms with Gasteiger partial charge in [0, 0.05) is 5.56 Å². The van der Waals surface area contributed by atoms with E-state index in [0.717, 1.165) is 37.1 Å². The van der Waals surface area contributed by atoms with Crippen molar-refractivity contribution in [3.8, 4) is 5.75 Å². The van der Waals surface area contributed by atoms with Crippen LogP contribution >= 0.6 is 0 Å². The maximum atomic E-state index is 12.5. The summed E-state index contributed by atoms with van der Waals surface area (Å²) in [5, 5.41) is 6.48. The van der Waals surface area contributed by atoms with Gasteiger partial charge in [-0.1, -0.05) is 32.0 Å². The van der Waals surface area contributed by atoms with E-state index in [1.807, 2.05) is 24.3 Å². The predicted octanol–water partition coefficient (Wildman–Crippen LogP) is 2.65. The molecule has 4 nitrogen and oxygen atoms in total. The number of carbonyl (C=O) groups is 1. The first-order valence-corrected chi connectivity index (χ1v) is 7.82. The minimum atomic E-state index is -0.0718. The quantitative estimate of drug-likeness (QED) is 0.876. The van der Waals surface area contributed by atoms with Crippen LogP contribution in [0.2, 0.25) is 0 Å². The monoisotopic (exact) mass is 290 g/mol. The Hall–Kier alpha value is -1.55. The van der Waals surface area contributed by atoms with E-state index < -0.39 is 0 Å². The van der Waals surface area contributed by atoms with Gasteiger partial charge in [0.25, 0.3) is 0 Å². The van der Waals surface area contributed by atoms with E-state index in [9.17, 15) is 4.79 Å². The molecule has 0 saturated carbocycles. The lowest BCUT2D eigenvalue weighted by atomic mass is 9.93. The largest absolute Gasteiger partial charge is 0.496 e. The second-order valence-electron chi connectivity index (χ2n) is 5.85. The molecular formula is C17H26N2O2. The zero-order chi connectivity index (χ0) is 15.2. The van der Waals surface area contributed by atoms with Crippen molar-refractivity contribution in [2.75, 3.05) is 13.7 Å². The van der Waals surface area contributed by atoms with Crippen LogP contribution in [0.25, 0.3) is 0 Å². The van der Waals surface area contributed by atoms with Gasteiger partial charge in [0.05, 0.1) is 19.2 Å². The van der Waals surface area contributed by atoms with Crippen LogP contribution in [0.1, 0.15) is 44.7 Å². The van der Waals surface area contributed by atoms with Crippen molar-refractivity contribution in [1.29, 1.82) is 0 Å². The molecule has 1 amide bonds. The molecule has 2 rings (SSSR count). The van der Waals surface area contributed by atoms with Crippen molar-refractivity contribution in [2.24, 2.45) is 5.92 Å². The number of ether oxygens (including phenoxy) is 1. The average Bonchev–Trinajstić information content (AvgIpc) is 2.52. The zero-order valence-corrected chi connectivity index (χ0v) is 13.2. The Morgan fingerprint density at radius 3 is 2.90 bits per heavy atom. The Labute approximate surface area is 127 Å². The van der Waals surface area contributed by atoms with Crippen molar-refractivity contribution in [2.45, 2.75) is 45.2 Å². The van der Waals surface area contributed by atoms with Gasteiger partial charge >= 0.3 is 0 Å². The number of hydrogen-bond acceptors (Lipinski definition) is 3. The van der Waals surface area contributed by atoms with Crippen LogP contribution in [0.5, 0.6) is 5.75 Å². The summed E-state index contributed by atoms with van der Waals surface area (Å²) >= 11 is 0. The molecule has 1 heterocycles. The lowest BCUT2D eigenvalue weighted by Gasteiger charge is -2.29. The molecule has 0 aromatic heterocycles. The molecule has 1 fully saturated rings. The van der Waals surface area contributed by atoms with Gasteiger partial charge < -0.3 is 15.4 Å². The van der Waals surface area contributed by atoms with E-state index in [-0.39, 0.29) is 18.0 Å². The Morgan fingerprint density at radius 1 is 1.48 bits per heavy atom. The van der Waals surface area contributed by atoms with E-state index in [2.05, 4.69) is 24.5 Å². The number of amides is 1. The van der Waals surface area contributed by atoms with Gasteiger partial charge in [-0.25, -0.2) is 0 Å². The minimum Gasteiger partial charge on any atom is -0.496 e. The summed E-state index contributed by atoms with van der Waals surface area (Å²) < 4.78 is 5.41. The third-order valence-electron chi connectivity index (χ3n) is 4.22. The number of benzene rings is 1. The van der Waals surface area contributed by atoms with Gasteiger partial charge in [-0.3, -0.25) is 4.79 Å². The van der Waals surface area contributed by atoms with Crippen molar-refractivity contribution < 1.29 is 9.53 Å². The molecule has 1 aliphatic heterocycles. The highest BCUT2D eigenvalue weighted by atomic mass is 16.5. The molecule has 0 aliphatic carbocycles. The summed E-state index contributed by atoms with van der Waals surface area (Å²) in [4.78, 5) is 12.5. The lowest BCUT2D eigenvalue weighted by molar-refractivity contribution is -0.124. The SMILES string of the molecule is CCC(NC(=O)C1CC(C)CCN1)c1ccccc1OC. The van der Waals surface area contributed by atoms with Crippen molar-refractivity contribution in [1.82, 2.24) is 10.6 Å². The summed E-state index contributed by atoms with van der Waals surface area (Å²) in [6.45, 7) is 5.21. The molecule has 1 aliphatic rings. The molecule has 1 aromatic rings. The number of nitrogens with one attached hydrogen (secondary N) is 2. The molecular weight excluding hydrogens is 264 g/mol.